The Morgan fingerprint density at radius 3 is 2.38 bits per heavy atom. The predicted octanol–water partition coefficient (Wildman–Crippen LogP) is 0.806. The molecule has 41 valence electrons. The molecule has 0 aromatic carbocycles. The first-order chi connectivity index (χ1) is 3.93. The fraction of sp³-hybridized carbons (Fsp3) is 0. The van der Waals surface area contributed by atoms with Crippen molar-refractivity contribution in [2.75, 3.05) is 0 Å². The zero-order valence-corrected chi connectivity index (χ0v) is 4.07. The van der Waals surface area contributed by atoms with Gasteiger partial charge in [-0.05, 0) is 0 Å². The summed E-state index contributed by atoms with van der Waals surface area (Å²) in [4.78, 5) is 7.30. The van der Waals surface area contributed by atoms with E-state index in [-0.39, 0.29) is 0 Å². The van der Waals surface area contributed by atoms with Crippen LogP contribution in [0.2, 0.25) is 0 Å². The summed E-state index contributed by atoms with van der Waals surface area (Å²) in [7, 11) is 0. The third-order valence-corrected chi connectivity index (χ3v) is 0.746. The van der Waals surface area contributed by atoms with Crippen LogP contribution in [-0.4, -0.2) is 4.98 Å². The Labute approximate surface area is 46.5 Å². The van der Waals surface area contributed by atoms with Gasteiger partial charge in [0, 0.05) is 29.8 Å². The van der Waals surface area contributed by atoms with Crippen molar-refractivity contribution in [3.05, 3.63) is 24.5 Å². The molecule has 0 unspecified atom stereocenters. The van der Waals surface area contributed by atoms with Gasteiger partial charge in [-0.15, -0.1) is 0 Å². The minimum Gasteiger partial charge on any atom is -0.305 e. The van der Waals surface area contributed by atoms with Gasteiger partial charge in [0.05, 0.1) is 0 Å². The van der Waals surface area contributed by atoms with E-state index in [0.717, 1.165) is 0 Å². The molecule has 1 radical (unpaired) electrons. The summed E-state index contributed by atoms with van der Waals surface area (Å²) in [6.07, 6.45) is 2.99. The zero-order valence-electron chi connectivity index (χ0n) is 4.07. The maximum Gasteiger partial charge on any atom is 0.171 e. The van der Waals surface area contributed by atoms with E-state index < -0.39 is 0 Å². The van der Waals surface area contributed by atoms with Crippen molar-refractivity contribution in [1.82, 2.24) is 4.98 Å². The molecule has 3 nitrogen and oxygen atoms in total. The lowest BCUT2D eigenvalue weighted by Gasteiger charge is -1.87. The highest BCUT2D eigenvalue weighted by molar-refractivity contribution is 5.15. The second kappa shape index (κ2) is 2.28. The van der Waals surface area contributed by atoms with Gasteiger partial charge in [-0.25, -0.2) is 0 Å². The summed E-state index contributed by atoms with van der Waals surface area (Å²) < 4.78 is 0. The smallest absolute Gasteiger partial charge is 0.171 e. The van der Waals surface area contributed by atoms with E-state index >= 15 is 0 Å². The molecule has 0 fully saturated rings. The molecule has 0 aliphatic heterocycles. The third-order valence-electron chi connectivity index (χ3n) is 0.746. The van der Waals surface area contributed by atoms with E-state index in [1.807, 2.05) is 0 Å². The molecule has 0 atom stereocenters. The first-order valence-electron chi connectivity index (χ1n) is 2.13. The summed E-state index contributed by atoms with van der Waals surface area (Å²) in [5.41, 5.74) is 0. The number of hydrogen-bond acceptors (Lipinski definition) is 2. The molecule has 0 amide bonds. The second-order valence-corrected chi connectivity index (χ2v) is 1.27. The monoisotopic (exact) mass is 110 g/mol. The van der Waals surface area contributed by atoms with E-state index in [4.69, 9.17) is 0 Å². The number of pyridine rings is 1. The maximum atomic E-state index is 9.60. The topological polar surface area (TPSA) is 42.0 Å². The summed E-state index contributed by atoms with van der Waals surface area (Å²) in [5.74, 6) is 0.292. The van der Waals surface area contributed by atoms with Gasteiger partial charge in [0.25, 0.3) is 0 Å². The molecule has 0 aliphatic rings. The molecule has 1 aromatic heterocycles. The molecular weight excluding hydrogens is 106 g/mol. The molecule has 1 aromatic rings. The van der Waals surface area contributed by atoms with Crippen LogP contribution >= 0.6 is 0 Å². The Balaban J connectivity index is 2.83. The minimum absolute atomic E-state index is 0.292. The van der Waals surface area contributed by atoms with Crippen molar-refractivity contribution in [3.8, 4) is 5.75 Å². The van der Waals surface area contributed by atoms with E-state index in [9.17, 15) is 5.26 Å². The first-order valence-corrected chi connectivity index (χ1v) is 2.13. The predicted molar refractivity (Wildman–Crippen MR) is 25.6 cm³/mol. The normalized spacial score (nSPS) is 8.62. The van der Waals surface area contributed by atoms with Crippen molar-refractivity contribution in [3.63, 3.8) is 0 Å². The molecule has 1 rings (SSSR count). The average molecular weight is 110 g/mol. The Bertz CT molecular complexity index is 152. The highest BCUT2D eigenvalue weighted by Crippen LogP contribution is 2.03. The third kappa shape index (κ3) is 0.946. The molecule has 1 heterocycles. The van der Waals surface area contributed by atoms with Crippen LogP contribution in [0.25, 0.3) is 0 Å². The number of rotatable bonds is 1. The van der Waals surface area contributed by atoms with Gasteiger partial charge in [-0.1, -0.05) is 0 Å². The van der Waals surface area contributed by atoms with E-state index in [2.05, 4.69) is 9.87 Å². The standard InChI is InChI=1S/C5H4NO2/c7-8-5-1-3-6-4-2-5/h1-4H. The van der Waals surface area contributed by atoms with Gasteiger partial charge in [-0.2, -0.15) is 0 Å². The van der Waals surface area contributed by atoms with Crippen molar-refractivity contribution in [1.29, 1.82) is 0 Å². The Kier molecular flexibility index (Phi) is 1.44. The lowest BCUT2D eigenvalue weighted by Crippen LogP contribution is -1.79. The van der Waals surface area contributed by atoms with Gasteiger partial charge in [-0.3, -0.25) is 4.98 Å². The quantitative estimate of drug-likeness (QED) is 0.396. The van der Waals surface area contributed by atoms with Gasteiger partial charge < -0.3 is 4.89 Å². The van der Waals surface area contributed by atoms with Gasteiger partial charge in [0.1, 0.15) is 0 Å². The van der Waals surface area contributed by atoms with Crippen LogP contribution in [0, 0.1) is 0 Å². The van der Waals surface area contributed by atoms with Crippen molar-refractivity contribution in [2.45, 2.75) is 0 Å². The van der Waals surface area contributed by atoms with E-state index in [0.29, 0.717) is 5.75 Å². The molecule has 0 spiro atoms. The summed E-state index contributed by atoms with van der Waals surface area (Å²) in [6.45, 7) is 0. The fourth-order valence-electron chi connectivity index (χ4n) is 0.394. The molecule has 8 heavy (non-hydrogen) atoms. The second-order valence-electron chi connectivity index (χ2n) is 1.27. The van der Waals surface area contributed by atoms with Crippen molar-refractivity contribution < 1.29 is 10.1 Å². The Morgan fingerprint density at radius 1 is 1.38 bits per heavy atom. The summed E-state index contributed by atoms with van der Waals surface area (Å²) in [6, 6.07) is 2.99. The van der Waals surface area contributed by atoms with Crippen LogP contribution in [-0.2, 0) is 5.26 Å². The SMILES string of the molecule is [O]Oc1ccncc1. The Morgan fingerprint density at radius 2 is 2.00 bits per heavy atom. The minimum atomic E-state index is 0.292. The van der Waals surface area contributed by atoms with Crippen LogP contribution in [0.4, 0.5) is 0 Å². The summed E-state index contributed by atoms with van der Waals surface area (Å²) >= 11 is 0. The molecule has 0 saturated heterocycles. The highest BCUT2D eigenvalue weighted by Gasteiger charge is 1.85. The molecule has 0 saturated carbocycles. The van der Waals surface area contributed by atoms with Crippen molar-refractivity contribution >= 4 is 0 Å². The number of aromatic nitrogens is 1. The van der Waals surface area contributed by atoms with Gasteiger partial charge in [0.15, 0.2) is 5.75 Å². The van der Waals surface area contributed by atoms with Gasteiger partial charge in [0.2, 0.25) is 0 Å². The molecule has 3 heteroatoms. The molecular formula is C5H4NO2. The van der Waals surface area contributed by atoms with E-state index in [1.54, 1.807) is 0 Å². The lowest BCUT2D eigenvalue weighted by atomic mass is 10.5. The van der Waals surface area contributed by atoms with Gasteiger partial charge >= 0.3 is 0 Å². The molecule has 0 N–H and O–H groups in total. The number of nitrogens with zero attached hydrogens (tertiary/aromatic N) is 1. The van der Waals surface area contributed by atoms with Crippen LogP contribution in [0.1, 0.15) is 0 Å². The summed E-state index contributed by atoms with van der Waals surface area (Å²) in [5, 5.41) is 9.60. The number of hydrogen-bond donors (Lipinski definition) is 0. The molecule has 0 bridgehead atoms. The lowest BCUT2D eigenvalue weighted by molar-refractivity contribution is -0.208. The van der Waals surface area contributed by atoms with E-state index in [1.165, 1.54) is 24.5 Å². The highest BCUT2D eigenvalue weighted by atomic mass is 17.1. The van der Waals surface area contributed by atoms with Crippen LogP contribution in [0.5, 0.6) is 5.75 Å². The van der Waals surface area contributed by atoms with Crippen LogP contribution in [0.3, 0.4) is 0 Å². The molecule has 0 aliphatic carbocycles. The fourth-order valence-corrected chi connectivity index (χ4v) is 0.394. The first kappa shape index (κ1) is 5.05. The van der Waals surface area contributed by atoms with Crippen LogP contribution in [0.15, 0.2) is 24.5 Å². The largest absolute Gasteiger partial charge is 0.305 e. The average Bonchev–Trinajstić information content (AvgIpc) is 1.90. The zero-order chi connectivity index (χ0) is 5.82. The maximum absolute atomic E-state index is 9.60. The van der Waals surface area contributed by atoms with Crippen molar-refractivity contribution in [2.24, 2.45) is 0 Å². The Hall–Kier alpha value is -1.09. The van der Waals surface area contributed by atoms with Crippen LogP contribution < -0.4 is 4.89 Å².